The van der Waals surface area contributed by atoms with E-state index in [1.165, 1.54) is 10.5 Å². The number of thioether (sulfide) groups is 1. The Morgan fingerprint density at radius 3 is 2.31 bits per heavy atom. The lowest BCUT2D eigenvalue weighted by Crippen LogP contribution is -2.29. The van der Waals surface area contributed by atoms with E-state index in [9.17, 15) is 0 Å². The number of nitrogens with zero attached hydrogens (tertiary/aromatic N) is 1. The Morgan fingerprint density at radius 2 is 1.88 bits per heavy atom. The number of halogens is 1. The highest BCUT2D eigenvalue weighted by Crippen LogP contribution is 2.16. The van der Waals surface area contributed by atoms with Gasteiger partial charge in [-0.05, 0) is 37.3 Å². The molecule has 0 aliphatic carbocycles. The molecule has 2 nitrogen and oxygen atoms in total. The van der Waals surface area contributed by atoms with Crippen LogP contribution in [0.25, 0.3) is 0 Å². The van der Waals surface area contributed by atoms with Crippen molar-refractivity contribution in [3.8, 4) is 0 Å². The summed E-state index contributed by atoms with van der Waals surface area (Å²) in [5.41, 5.74) is 1.35. The maximum atomic E-state index is 5.16. The Labute approximate surface area is 109 Å². The largest absolute Gasteiger partial charge is 0.302 e. The zero-order valence-corrected chi connectivity index (χ0v) is 11.9. The fourth-order valence-corrected chi connectivity index (χ4v) is 1.82. The van der Waals surface area contributed by atoms with Crippen LogP contribution in [0.3, 0.4) is 0 Å². The summed E-state index contributed by atoms with van der Waals surface area (Å²) in [6, 6.07) is 9.10. The van der Waals surface area contributed by atoms with Crippen LogP contribution in [-0.4, -0.2) is 31.5 Å². The molecular weight excluding hydrogens is 242 g/mol. The Morgan fingerprint density at radius 1 is 1.31 bits per heavy atom. The van der Waals surface area contributed by atoms with E-state index in [0.717, 1.165) is 6.42 Å². The summed E-state index contributed by atoms with van der Waals surface area (Å²) in [7, 11) is 3.66. The Bertz CT molecular complexity index is 292. The molecule has 0 amide bonds. The molecule has 4 heteroatoms. The summed E-state index contributed by atoms with van der Waals surface area (Å²) < 4.78 is 0. The fourth-order valence-electron chi connectivity index (χ4n) is 1.41. The van der Waals surface area contributed by atoms with E-state index in [-0.39, 0.29) is 12.4 Å². The number of benzene rings is 1. The molecule has 0 saturated carbocycles. The average Bonchev–Trinajstić information content (AvgIpc) is 2.29. The Hall–Kier alpha value is -0.220. The molecule has 1 unspecified atom stereocenters. The smallest absolute Gasteiger partial charge is 0.0575 e. The maximum Gasteiger partial charge on any atom is 0.0575 e. The molecule has 1 aromatic carbocycles. The predicted molar refractivity (Wildman–Crippen MR) is 73.4 cm³/mol. The van der Waals surface area contributed by atoms with Crippen LogP contribution in [0.1, 0.15) is 12.5 Å². The first-order chi connectivity index (χ1) is 7.17. The van der Waals surface area contributed by atoms with Gasteiger partial charge in [0.25, 0.3) is 0 Å². The third-order valence-corrected chi connectivity index (χ3v) is 3.34. The lowest BCUT2D eigenvalue weighted by molar-refractivity contribution is -0.135. The maximum absolute atomic E-state index is 5.16. The van der Waals surface area contributed by atoms with Crippen molar-refractivity contribution in [3.63, 3.8) is 0 Å². The summed E-state index contributed by atoms with van der Waals surface area (Å²) >= 11 is 1.77. The highest BCUT2D eigenvalue weighted by Gasteiger charge is 2.08. The molecule has 0 radical (unpaired) electrons. The van der Waals surface area contributed by atoms with E-state index in [1.807, 2.05) is 12.1 Å². The summed E-state index contributed by atoms with van der Waals surface area (Å²) in [5, 5.41) is 1.88. The second kappa shape index (κ2) is 7.96. The van der Waals surface area contributed by atoms with Gasteiger partial charge in [-0.2, -0.15) is 5.06 Å². The van der Waals surface area contributed by atoms with Gasteiger partial charge in [-0.1, -0.05) is 12.1 Å². The van der Waals surface area contributed by atoms with Crippen LogP contribution in [0.4, 0.5) is 0 Å². The van der Waals surface area contributed by atoms with E-state index < -0.39 is 0 Å². The first-order valence-corrected chi connectivity index (χ1v) is 6.29. The molecule has 0 bridgehead atoms. The number of hydrogen-bond donors (Lipinski definition) is 0. The quantitative estimate of drug-likeness (QED) is 0.596. The standard InChI is InChI=1S/C12H19NOS.ClH/c1-10(13(2)14-3)9-11-5-7-12(15-4)8-6-11;/h5-8,10H,9H2,1-4H3;1H. The summed E-state index contributed by atoms with van der Waals surface area (Å²) in [6.45, 7) is 2.16. The number of likely N-dealkylation sites (N-methyl/N-ethyl adjacent to an activating group) is 1. The molecule has 0 aliphatic rings. The molecular formula is C12H20ClNOS. The summed E-state index contributed by atoms with van der Waals surface area (Å²) in [4.78, 5) is 6.47. The Balaban J connectivity index is 0.00000225. The normalized spacial score (nSPS) is 12.3. The van der Waals surface area contributed by atoms with Crippen molar-refractivity contribution in [2.24, 2.45) is 0 Å². The molecule has 1 rings (SSSR count). The fraction of sp³-hybridized carbons (Fsp3) is 0.500. The molecule has 0 N–H and O–H groups in total. The van der Waals surface area contributed by atoms with E-state index in [0.29, 0.717) is 6.04 Å². The van der Waals surface area contributed by atoms with Crippen LogP contribution in [0.5, 0.6) is 0 Å². The molecule has 0 aliphatic heterocycles. The van der Waals surface area contributed by atoms with E-state index in [1.54, 1.807) is 18.9 Å². The van der Waals surface area contributed by atoms with Crippen molar-refractivity contribution in [2.75, 3.05) is 20.4 Å². The minimum atomic E-state index is 0. The van der Waals surface area contributed by atoms with Gasteiger partial charge in [0.05, 0.1) is 7.11 Å². The van der Waals surface area contributed by atoms with Crippen molar-refractivity contribution in [2.45, 2.75) is 24.3 Å². The van der Waals surface area contributed by atoms with Crippen molar-refractivity contribution < 1.29 is 4.84 Å². The number of hydroxylamine groups is 2. The third-order valence-electron chi connectivity index (χ3n) is 2.60. The van der Waals surface area contributed by atoms with E-state index in [2.05, 4.69) is 37.4 Å². The number of rotatable bonds is 5. The van der Waals surface area contributed by atoms with Gasteiger partial charge in [0.2, 0.25) is 0 Å². The SMILES string of the molecule is CON(C)C(C)Cc1ccc(SC)cc1.Cl. The van der Waals surface area contributed by atoms with Gasteiger partial charge in [0.15, 0.2) is 0 Å². The van der Waals surface area contributed by atoms with Crippen molar-refractivity contribution >= 4 is 24.2 Å². The monoisotopic (exact) mass is 261 g/mol. The lowest BCUT2D eigenvalue weighted by Gasteiger charge is -2.21. The second-order valence-corrected chi connectivity index (χ2v) is 4.51. The summed E-state index contributed by atoms with van der Waals surface area (Å²) in [6.07, 6.45) is 3.11. The average molecular weight is 262 g/mol. The first-order valence-electron chi connectivity index (χ1n) is 5.07. The van der Waals surface area contributed by atoms with Crippen molar-refractivity contribution in [1.82, 2.24) is 5.06 Å². The molecule has 0 saturated heterocycles. The highest BCUT2D eigenvalue weighted by molar-refractivity contribution is 7.98. The second-order valence-electron chi connectivity index (χ2n) is 3.63. The van der Waals surface area contributed by atoms with Crippen LogP contribution >= 0.6 is 24.2 Å². The lowest BCUT2D eigenvalue weighted by atomic mass is 10.1. The van der Waals surface area contributed by atoms with Crippen molar-refractivity contribution in [1.29, 1.82) is 0 Å². The zero-order valence-electron chi connectivity index (χ0n) is 10.3. The molecule has 92 valence electrons. The van der Waals surface area contributed by atoms with E-state index in [4.69, 9.17) is 4.84 Å². The van der Waals surface area contributed by atoms with Crippen LogP contribution in [0.2, 0.25) is 0 Å². The topological polar surface area (TPSA) is 12.5 Å². The van der Waals surface area contributed by atoms with Crippen LogP contribution in [0, 0.1) is 0 Å². The van der Waals surface area contributed by atoms with Crippen LogP contribution < -0.4 is 0 Å². The molecule has 1 atom stereocenters. The highest BCUT2D eigenvalue weighted by atomic mass is 35.5. The van der Waals surface area contributed by atoms with Gasteiger partial charge in [-0.15, -0.1) is 24.2 Å². The molecule has 16 heavy (non-hydrogen) atoms. The molecule has 0 fully saturated rings. The van der Waals surface area contributed by atoms with Gasteiger partial charge in [-0.25, -0.2) is 0 Å². The van der Waals surface area contributed by atoms with E-state index >= 15 is 0 Å². The van der Waals surface area contributed by atoms with Crippen LogP contribution in [-0.2, 0) is 11.3 Å². The first kappa shape index (κ1) is 15.8. The summed E-state index contributed by atoms with van der Waals surface area (Å²) in [5.74, 6) is 0. The number of hydrogen-bond acceptors (Lipinski definition) is 3. The minimum Gasteiger partial charge on any atom is -0.302 e. The molecule has 0 heterocycles. The van der Waals surface area contributed by atoms with Crippen LogP contribution in [0.15, 0.2) is 29.2 Å². The third kappa shape index (κ3) is 4.74. The van der Waals surface area contributed by atoms with Gasteiger partial charge in [0.1, 0.15) is 0 Å². The van der Waals surface area contributed by atoms with Gasteiger partial charge in [-0.3, -0.25) is 0 Å². The molecule has 0 aromatic heterocycles. The zero-order chi connectivity index (χ0) is 11.3. The van der Waals surface area contributed by atoms with Gasteiger partial charge in [0, 0.05) is 18.0 Å². The minimum absolute atomic E-state index is 0. The Kier molecular flexibility index (Phi) is 7.85. The predicted octanol–water partition coefficient (Wildman–Crippen LogP) is 3.25. The molecule has 0 spiro atoms. The van der Waals surface area contributed by atoms with Gasteiger partial charge >= 0.3 is 0 Å². The van der Waals surface area contributed by atoms with Crippen molar-refractivity contribution in [3.05, 3.63) is 29.8 Å². The molecule has 1 aromatic rings. The van der Waals surface area contributed by atoms with Gasteiger partial charge < -0.3 is 4.84 Å².